The van der Waals surface area contributed by atoms with Crippen molar-refractivity contribution in [3.63, 3.8) is 0 Å². The van der Waals surface area contributed by atoms with E-state index < -0.39 is 38.5 Å². The van der Waals surface area contributed by atoms with Gasteiger partial charge in [-0.1, -0.05) is 33.7 Å². The van der Waals surface area contributed by atoms with Crippen LogP contribution in [0.2, 0.25) is 5.02 Å². The van der Waals surface area contributed by atoms with E-state index >= 15 is 0 Å². The van der Waals surface area contributed by atoms with Gasteiger partial charge in [-0.15, -0.1) is 0 Å². The minimum absolute atomic E-state index is 0.000416. The van der Waals surface area contributed by atoms with Crippen molar-refractivity contribution in [3.8, 4) is 0 Å². The molecule has 0 aliphatic rings. The van der Waals surface area contributed by atoms with Crippen LogP contribution in [0.1, 0.15) is 22.3 Å². The minimum Gasteiger partial charge on any atom is -0.403 e. The number of benzene rings is 1. The summed E-state index contributed by atoms with van der Waals surface area (Å²) in [5.74, 6) is -3.33. The molecule has 0 amide bonds. The Kier molecular flexibility index (Phi) is 7.45. The van der Waals surface area contributed by atoms with Crippen molar-refractivity contribution in [3.05, 3.63) is 128 Å². The van der Waals surface area contributed by atoms with E-state index in [0.29, 0.717) is 10.8 Å². The lowest BCUT2D eigenvalue weighted by Crippen LogP contribution is -2.53. The maximum atomic E-state index is 12.8. The van der Waals surface area contributed by atoms with Crippen LogP contribution in [0.25, 0.3) is 44.0 Å². The predicted octanol–water partition coefficient (Wildman–Crippen LogP) is 1.27. The van der Waals surface area contributed by atoms with E-state index in [4.69, 9.17) is 59.7 Å². The summed E-state index contributed by atoms with van der Waals surface area (Å²) in [4.78, 5) is 42.2. The van der Waals surface area contributed by atoms with Gasteiger partial charge >= 0.3 is 11.3 Å². The van der Waals surface area contributed by atoms with E-state index in [0.717, 1.165) is 24.4 Å². The van der Waals surface area contributed by atoms with E-state index in [9.17, 15) is 24.9 Å². The summed E-state index contributed by atoms with van der Waals surface area (Å²) in [6.07, 6.45) is 5.23. The molecule has 1 unspecified atom stereocenters. The maximum Gasteiger partial charge on any atom is 0.347 e. The summed E-state index contributed by atoms with van der Waals surface area (Å²) in [6, 6.07) is 12.4. The van der Waals surface area contributed by atoms with Crippen molar-refractivity contribution in [1.82, 2.24) is 19.9 Å². The SMILES string of the molecule is [B]C([B])(c1cc(Cl)cc(C(O)(O)C([B])(O)c2cnc3c(c2)c(=O)oc2ncccc23)c1)C([B])([B])c1cnc2c(c1)c(=O)oc1ncccc12. The summed E-state index contributed by atoms with van der Waals surface area (Å²) in [5.41, 5.74) is -5.13. The van der Waals surface area contributed by atoms with E-state index in [1.807, 2.05) is 0 Å². The van der Waals surface area contributed by atoms with Gasteiger partial charge in [-0.2, -0.15) is 0 Å². The van der Waals surface area contributed by atoms with Gasteiger partial charge in [-0.05, 0) is 59.7 Å². The number of pyridine rings is 4. The molecule has 0 saturated carbocycles. The van der Waals surface area contributed by atoms with Crippen LogP contribution < -0.4 is 11.3 Å². The molecule has 7 rings (SSSR count). The Hall–Kier alpha value is -4.75. The highest BCUT2D eigenvalue weighted by Crippen LogP contribution is 2.42. The topological polar surface area (TPSA) is 173 Å². The Balaban J connectivity index is 1.30. The lowest BCUT2D eigenvalue weighted by atomic mass is 9.27. The van der Waals surface area contributed by atoms with Gasteiger partial charge in [0.15, 0.2) is 0 Å². The third-order valence-corrected chi connectivity index (χ3v) is 8.78. The van der Waals surface area contributed by atoms with Gasteiger partial charge in [-0.3, -0.25) is 9.97 Å². The maximum absolute atomic E-state index is 12.8. The van der Waals surface area contributed by atoms with E-state index in [2.05, 4.69) is 19.9 Å². The molecule has 0 bridgehead atoms. The lowest BCUT2D eigenvalue weighted by Gasteiger charge is -2.46. The Morgan fingerprint density at radius 1 is 0.592 bits per heavy atom. The molecule has 0 saturated heterocycles. The molecule has 49 heavy (non-hydrogen) atoms. The zero-order valence-corrected chi connectivity index (χ0v) is 25.8. The first-order valence-electron chi connectivity index (χ1n) is 14.3. The molecule has 6 heterocycles. The molecule has 0 spiro atoms. The van der Waals surface area contributed by atoms with Crippen molar-refractivity contribution in [2.45, 2.75) is 21.7 Å². The van der Waals surface area contributed by atoms with Gasteiger partial charge in [0, 0.05) is 35.4 Å². The van der Waals surface area contributed by atoms with Crippen LogP contribution in [0, 0.1) is 0 Å². The summed E-state index contributed by atoms with van der Waals surface area (Å²) in [5, 5.41) is 30.4. The second-order valence-electron chi connectivity index (χ2n) is 11.6. The van der Waals surface area contributed by atoms with Crippen molar-refractivity contribution < 1.29 is 24.2 Å². The fraction of sp³-hybridized carbons (Fsp3) is 0.125. The third kappa shape index (κ3) is 5.01. The monoisotopic (exact) mass is 658 g/mol. The number of fused-ring (bicyclic) bond motifs is 6. The summed E-state index contributed by atoms with van der Waals surface area (Å²) in [7, 11) is 32.4. The second-order valence-corrected chi connectivity index (χ2v) is 12.1. The average molecular weight is 658 g/mol. The Labute approximate surface area is 287 Å². The molecule has 3 N–H and O–H groups in total. The molecular formula is C32H16B5ClN4O7. The highest BCUT2D eigenvalue weighted by atomic mass is 35.5. The van der Waals surface area contributed by atoms with Crippen molar-refractivity contribution in [2.75, 3.05) is 0 Å². The average Bonchev–Trinajstić information content (AvgIpc) is 3.07. The Morgan fingerprint density at radius 3 is 1.61 bits per heavy atom. The Morgan fingerprint density at radius 2 is 1.06 bits per heavy atom. The number of rotatable bonds is 6. The molecule has 0 aliphatic carbocycles. The van der Waals surface area contributed by atoms with Crippen LogP contribution in [0.3, 0.4) is 0 Å². The van der Waals surface area contributed by atoms with E-state index in [1.54, 1.807) is 24.3 Å². The third-order valence-electron chi connectivity index (χ3n) is 8.56. The van der Waals surface area contributed by atoms with Crippen LogP contribution in [0.4, 0.5) is 0 Å². The predicted molar refractivity (Wildman–Crippen MR) is 185 cm³/mol. The molecule has 7 aromatic rings. The van der Waals surface area contributed by atoms with Crippen molar-refractivity contribution >= 4 is 94.8 Å². The highest BCUT2D eigenvalue weighted by molar-refractivity contribution is 6.54. The van der Waals surface area contributed by atoms with Crippen LogP contribution in [0.15, 0.2) is 97.8 Å². The van der Waals surface area contributed by atoms with Gasteiger partial charge in [0.25, 0.3) is 0 Å². The summed E-state index contributed by atoms with van der Waals surface area (Å²) in [6.45, 7) is 0. The summed E-state index contributed by atoms with van der Waals surface area (Å²) < 4.78 is 10.6. The van der Waals surface area contributed by atoms with Gasteiger partial charge in [-0.25, -0.2) is 19.6 Å². The van der Waals surface area contributed by atoms with Gasteiger partial charge in [0.05, 0.1) is 64.0 Å². The summed E-state index contributed by atoms with van der Waals surface area (Å²) >= 11 is 6.38. The fourth-order valence-electron chi connectivity index (χ4n) is 5.62. The smallest absolute Gasteiger partial charge is 0.347 e. The van der Waals surface area contributed by atoms with Crippen LogP contribution in [0.5, 0.6) is 0 Å². The molecule has 6 aromatic heterocycles. The lowest BCUT2D eigenvalue weighted by molar-refractivity contribution is -0.258. The highest BCUT2D eigenvalue weighted by Gasteiger charge is 2.48. The van der Waals surface area contributed by atoms with Crippen molar-refractivity contribution in [1.29, 1.82) is 0 Å². The number of hydrogen-bond donors (Lipinski definition) is 3. The zero-order valence-electron chi connectivity index (χ0n) is 25.0. The molecular weight excluding hydrogens is 642 g/mol. The zero-order chi connectivity index (χ0) is 35.1. The molecule has 0 fully saturated rings. The van der Waals surface area contributed by atoms with Gasteiger partial charge < -0.3 is 24.2 Å². The van der Waals surface area contributed by atoms with Crippen molar-refractivity contribution in [2.24, 2.45) is 0 Å². The molecule has 0 aliphatic heterocycles. The quantitative estimate of drug-likeness (QED) is 0.134. The first-order valence-corrected chi connectivity index (χ1v) is 14.7. The second kappa shape index (κ2) is 11.1. The largest absolute Gasteiger partial charge is 0.403 e. The fourth-order valence-corrected chi connectivity index (χ4v) is 5.86. The molecule has 10 radical (unpaired) electrons. The van der Waals surface area contributed by atoms with Gasteiger partial charge in [0.1, 0.15) is 13.3 Å². The van der Waals surface area contributed by atoms with Crippen LogP contribution >= 0.6 is 11.6 Å². The van der Waals surface area contributed by atoms with Gasteiger partial charge in [0.2, 0.25) is 17.2 Å². The van der Waals surface area contributed by atoms with Crippen LogP contribution in [-0.4, -0.2) is 74.5 Å². The minimum atomic E-state index is -3.33. The molecule has 1 atom stereocenters. The molecule has 17 heteroatoms. The normalized spacial score (nSPS) is 14.0. The van der Waals surface area contributed by atoms with Crippen LogP contribution in [-0.2, 0) is 21.7 Å². The number of aromatic nitrogens is 4. The number of nitrogens with zero attached hydrogens (tertiary/aromatic N) is 4. The first kappa shape index (κ1) is 32.8. The molecule has 1 aromatic carbocycles. The van der Waals surface area contributed by atoms with E-state index in [-0.39, 0.29) is 54.9 Å². The van der Waals surface area contributed by atoms with E-state index in [1.165, 1.54) is 30.7 Å². The number of halogens is 1. The molecule has 228 valence electrons. The number of aliphatic hydroxyl groups is 3. The number of hydrogen-bond acceptors (Lipinski definition) is 11. The molecule has 11 nitrogen and oxygen atoms in total. The standard InChI is InChI=1S/C32H16B5ClN4O7/c33-29(34,30(35,36)16-10-21-23(41-12-16)19-3-1-5-39-25(19)48-27(21)43)14-7-15(9-18(38)8-14)32(46,47)31(37,45)17-11-22-24(42-13-17)20-4-2-6-40-26(20)49-28(22)44/h1-13,45-47H. The first-order chi connectivity index (χ1) is 23.0. The Bertz CT molecular complexity index is 2440.